The number of fused-ring (bicyclic) bond motifs is 1. The first-order valence-corrected chi connectivity index (χ1v) is 8.01. The molecule has 2 fully saturated rings. The lowest BCUT2D eigenvalue weighted by Crippen LogP contribution is -2.53. The lowest BCUT2D eigenvalue weighted by molar-refractivity contribution is -0.0875. The number of rotatable bonds is 4. The summed E-state index contributed by atoms with van der Waals surface area (Å²) >= 11 is 0. The third-order valence-corrected chi connectivity index (χ3v) is 4.85. The number of morpholine rings is 1. The molecule has 3 nitrogen and oxygen atoms in total. The molecule has 0 spiro atoms. The van der Waals surface area contributed by atoms with E-state index in [0.717, 1.165) is 26.1 Å². The molecule has 0 aromatic heterocycles. The van der Waals surface area contributed by atoms with E-state index in [2.05, 4.69) is 29.2 Å². The van der Waals surface area contributed by atoms with Crippen LogP contribution in [0.3, 0.4) is 0 Å². The van der Waals surface area contributed by atoms with E-state index < -0.39 is 0 Å². The van der Waals surface area contributed by atoms with E-state index in [9.17, 15) is 0 Å². The third-order valence-electron chi connectivity index (χ3n) is 4.85. The van der Waals surface area contributed by atoms with Crippen LogP contribution in [0.1, 0.15) is 36.8 Å². The van der Waals surface area contributed by atoms with Crippen molar-refractivity contribution in [2.75, 3.05) is 19.7 Å². The van der Waals surface area contributed by atoms with Gasteiger partial charge in [0.1, 0.15) is 0 Å². The van der Waals surface area contributed by atoms with Crippen LogP contribution in [0.25, 0.3) is 0 Å². The second-order valence-electron chi connectivity index (χ2n) is 6.02. The summed E-state index contributed by atoms with van der Waals surface area (Å²) in [7, 11) is 0. The van der Waals surface area contributed by atoms with Gasteiger partial charge < -0.3 is 10.5 Å². The molecule has 110 valence electrons. The molecule has 0 amide bonds. The molecule has 1 heterocycles. The lowest BCUT2D eigenvalue weighted by atomic mass is 9.90. The Morgan fingerprint density at radius 1 is 1.15 bits per heavy atom. The highest BCUT2D eigenvalue weighted by molar-refractivity contribution is 5.27. The van der Waals surface area contributed by atoms with E-state index in [4.69, 9.17) is 10.5 Å². The lowest BCUT2D eigenvalue weighted by Gasteiger charge is -2.44. The van der Waals surface area contributed by atoms with Gasteiger partial charge in [-0.05, 0) is 30.4 Å². The standard InChI is InChI=1S/C17H26N2O/c18-13-15-6-2-1-5-14(15)9-10-19-11-12-20-17-8-4-3-7-16(17)19/h1-2,5-6,16-17H,3-4,7-13,18H2. The van der Waals surface area contributed by atoms with Crippen LogP contribution in [0.4, 0.5) is 0 Å². The van der Waals surface area contributed by atoms with Gasteiger partial charge in [0.15, 0.2) is 0 Å². The van der Waals surface area contributed by atoms with E-state index >= 15 is 0 Å². The maximum Gasteiger partial charge on any atom is 0.0730 e. The molecule has 0 radical (unpaired) electrons. The number of hydrogen-bond donors (Lipinski definition) is 1. The highest BCUT2D eigenvalue weighted by Crippen LogP contribution is 2.28. The summed E-state index contributed by atoms with van der Waals surface area (Å²) in [6.45, 7) is 3.78. The Balaban J connectivity index is 1.62. The monoisotopic (exact) mass is 274 g/mol. The maximum absolute atomic E-state index is 5.95. The zero-order valence-corrected chi connectivity index (χ0v) is 12.3. The zero-order valence-electron chi connectivity index (χ0n) is 12.3. The van der Waals surface area contributed by atoms with Crippen molar-refractivity contribution in [1.82, 2.24) is 4.90 Å². The molecule has 1 aliphatic heterocycles. The number of hydrogen-bond acceptors (Lipinski definition) is 3. The van der Waals surface area contributed by atoms with E-state index in [-0.39, 0.29) is 0 Å². The minimum absolute atomic E-state index is 0.488. The van der Waals surface area contributed by atoms with Crippen molar-refractivity contribution >= 4 is 0 Å². The van der Waals surface area contributed by atoms with Crippen molar-refractivity contribution in [1.29, 1.82) is 0 Å². The van der Waals surface area contributed by atoms with Gasteiger partial charge in [-0.3, -0.25) is 4.90 Å². The van der Waals surface area contributed by atoms with E-state index in [0.29, 0.717) is 18.7 Å². The van der Waals surface area contributed by atoms with E-state index in [1.54, 1.807) is 0 Å². The molecular weight excluding hydrogens is 248 g/mol. The fourth-order valence-electron chi connectivity index (χ4n) is 3.72. The second-order valence-corrected chi connectivity index (χ2v) is 6.02. The molecule has 1 saturated heterocycles. The van der Waals surface area contributed by atoms with Crippen molar-refractivity contribution in [3.63, 3.8) is 0 Å². The summed E-state index contributed by atoms with van der Waals surface area (Å²) in [6, 6.07) is 9.23. The molecule has 1 saturated carbocycles. The summed E-state index contributed by atoms with van der Waals surface area (Å²) < 4.78 is 5.95. The Bertz CT molecular complexity index is 433. The van der Waals surface area contributed by atoms with Gasteiger partial charge in [-0.15, -0.1) is 0 Å². The Hall–Kier alpha value is -0.900. The molecule has 3 heteroatoms. The summed E-state index contributed by atoms with van der Waals surface area (Å²) in [4.78, 5) is 2.65. The van der Waals surface area contributed by atoms with Crippen LogP contribution < -0.4 is 5.73 Å². The first kappa shape index (κ1) is 14.1. The molecule has 2 N–H and O–H groups in total. The summed E-state index contributed by atoms with van der Waals surface area (Å²) in [5, 5.41) is 0. The highest BCUT2D eigenvalue weighted by atomic mass is 16.5. The topological polar surface area (TPSA) is 38.5 Å². The predicted octanol–water partition coefficient (Wildman–Crippen LogP) is 2.33. The molecule has 2 atom stereocenters. The molecule has 2 aliphatic rings. The van der Waals surface area contributed by atoms with Gasteiger partial charge in [0.05, 0.1) is 12.7 Å². The van der Waals surface area contributed by atoms with Crippen LogP contribution in [0.2, 0.25) is 0 Å². The molecule has 1 aromatic rings. The Kier molecular flexibility index (Phi) is 4.71. The van der Waals surface area contributed by atoms with Gasteiger partial charge in [-0.2, -0.15) is 0 Å². The Labute approximate surface area is 122 Å². The minimum Gasteiger partial charge on any atom is -0.375 e. The summed E-state index contributed by atoms with van der Waals surface area (Å²) in [6.07, 6.45) is 6.86. The van der Waals surface area contributed by atoms with Crippen LogP contribution >= 0.6 is 0 Å². The van der Waals surface area contributed by atoms with Crippen LogP contribution in [-0.2, 0) is 17.7 Å². The van der Waals surface area contributed by atoms with Crippen molar-refractivity contribution in [3.8, 4) is 0 Å². The average Bonchev–Trinajstić information content (AvgIpc) is 2.53. The number of ether oxygens (including phenoxy) is 1. The van der Waals surface area contributed by atoms with Crippen molar-refractivity contribution in [2.45, 2.75) is 50.8 Å². The van der Waals surface area contributed by atoms with Crippen LogP contribution in [0, 0.1) is 0 Å². The Morgan fingerprint density at radius 3 is 2.80 bits per heavy atom. The van der Waals surface area contributed by atoms with Crippen molar-refractivity contribution in [2.24, 2.45) is 5.73 Å². The molecule has 2 unspecified atom stereocenters. The quantitative estimate of drug-likeness (QED) is 0.916. The van der Waals surface area contributed by atoms with Crippen molar-refractivity contribution in [3.05, 3.63) is 35.4 Å². The van der Waals surface area contributed by atoms with Gasteiger partial charge in [0.2, 0.25) is 0 Å². The van der Waals surface area contributed by atoms with Crippen molar-refractivity contribution < 1.29 is 4.74 Å². The van der Waals surface area contributed by atoms with Crippen LogP contribution in [0.5, 0.6) is 0 Å². The van der Waals surface area contributed by atoms with Gasteiger partial charge in [0.25, 0.3) is 0 Å². The number of nitrogens with zero attached hydrogens (tertiary/aromatic N) is 1. The van der Waals surface area contributed by atoms with Gasteiger partial charge in [-0.25, -0.2) is 0 Å². The fourth-order valence-corrected chi connectivity index (χ4v) is 3.72. The summed E-state index contributed by atoms with van der Waals surface area (Å²) in [5.74, 6) is 0. The van der Waals surface area contributed by atoms with Crippen LogP contribution in [0.15, 0.2) is 24.3 Å². The predicted molar refractivity (Wildman–Crippen MR) is 81.6 cm³/mol. The SMILES string of the molecule is NCc1ccccc1CCN1CCOC2CCCCC21. The number of benzene rings is 1. The Morgan fingerprint density at radius 2 is 1.95 bits per heavy atom. The number of nitrogens with two attached hydrogens (primary N) is 1. The first-order valence-electron chi connectivity index (χ1n) is 8.01. The second kappa shape index (κ2) is 6.70. The molecule has 0 bridgehead atoms. The highest BCUT2D eigenvalue weighted by Gasteiger charge is 2.33. The fraction of sp³-hybridized carbons (Fsp3) is 0.647. The van der Waals surface area contributed by atoms with E-state index in [1.165, 1.54) is 36.8 Å². The molecule has 20 heavy (non-hydrogen) atoms. The van der Waals surface area contributed by atoms with Gasteiger partial charge in [0, 0.05) is 25.7 Å². The minimum atomic E-state index is 0.488. The summed E-state index contributed by atoms with van der Waals surface area (Å²) in [5.41, 5.74) is 8.54. The largest absolute Gasteiger partial charge is 0.375 e. The maximum atomic E-state index is 5.95. The molecular formula is C17H26N2O. The average molecular weight is 274 g/mol. The molecule has 3 rings (SSSR count). The smallest absolute Gasteiger partial charge is 0.0730 e. The van der Waals surface area contributed by atoms with Gasteiger partial charge >= 0.3 is 0 Å². The van der Waals surface area contributed by atoms with E-state index in [1.807, 2.05) is 0 Å². The molecule has 1 aliphatic carbocycles. The first-order chi connectivity index (χ1) is 9.88. The zero-order chi connectivity index (χ0) is 13.8. The molecule has 1 aromatic carbocycles. The third kappa shape index (κ3) is 3.05. The van der Waals surface area contributed by atoms with Crippen LogP contribution in [-0.4, -0.2) is 36.7 Å². The van der Waals surface area contributed by atoms with Gasteiger partial charge in [-0.1, -0.05) is 37.1 Å². The normalized spacial score (nSPS) is 27.2.